The van der Waals surface area contributed by atoms with E-state index in [0.717, 1.165) is 22.3 Å². The molecule has 3 atom stereocenters. The van der Waals surface area contributed by atoms with Crippen LogP contribution in [0.15, 0.2) is 120 Å². The van der Waals surface area contributed by atoms with Gasteiger partial charge in [-0.1, -0.05) is 97.1 Å². The molecule has 6 aromatic rings. The Balaban J connectivity index is 1.07. The minimum atomic E-state index is -1.04. The first-order valence-electron chi connectivity index (χ1n) is 15.7. The van der Waals surface area contributed by atoms with E-state index < -0.39 is 29.6 Å². The molecule has 0 aliphatic carbocycles. The van der Waals surface area contributed by atoms with Gasteiger partial charge in [-0.25, -0.2) is 4.98 Å². The van der Waals surface area contributed by atoms with E-state index in [1.165, 1.54) is 6.33 Å². The lowest BCUT2D eigenvalue weighted by molar-refractivity contribution is -0.115. The second-order valence-corrected chi connectivity index (χ2v) is 11.8. The first kappa shape index (κ1) is 29.8. The molecule has 2 aliphatic rings. The molecule has 1 saturated heterocycles. The summed E-state index contributed by atoms with van der Waals surface area (Å²) in [7, 11) is 0. The average Bonchev–Trinajstić information content (AvgIpc) is 3.70. The van der Waals surface area contributed by atoms with Gasteiger partial charge in [-0.3, -0.25) is 24.5 Å². The Morgan fingerprint density at radius 3 is 2.29 bits per heavy atom. The van der Waals surface area contributed by atoms with Gasteiger partial charge in [0.05, 0.1) is 25.5 Å². The van der Waals surface area contributed by atoms with Crippen molar-refractivity contribution >= 4 is 23.0 Å². The molecule has 2 aromatic heterocycles. The molecule has 48 heavy (non-hydrogen) atoms. The number of H-pyrrole nitrogens is 1. The Bertz CT molecular complexity index is 2120. The third-order valence-electron chi connectivity index (χ3n) is 8.81. The molecule has 0 saturated carbocycles. The largest absolute Gasteiger partial charge is 0.457 e. The van der Waals surface area contributed by atoms with Crippen LogP contribution in [-0.4, -0.2) is 49.3 Å². The summed E-state index contributed by atoms with van der Waals surface area (Å²) in [5.74, 6) is 1.02. The van der Waals surface area contributed by atoms with Gasteiger partial charge >= 0.3 is 0 Å². The smallest absolute Gasteiger partial charge is 0.280 e. The number of ether oxygens (including phenoxy) is 3. The number of imidazole rings is 1. The number of hydrogen-bond donors (Lipinski definition) is 3. The number of anilines is 1. The summed E-state index contributed by atoms with van der Waals surface area (Å²) in [6.45, 7) is 0.0384. The van der Waals surface area contributed by atoms with Crippen LogP contribution in [0.1, 0.15) is 34.9 Å². The first-order valence-corrected chi connectivity index (χ1v) is 15.7. The number of carbonyl (C=O) groups is 1. The molecule has 4 aromatic carbocycles. The van der Waals surface area contributed by atoms with Gasteiger partial charge in [0.2, 0.25) is 11.9 Å². The van der Waals surface area contributed by atoms with Gasteiger partial charge in [-0.2, -0.15) is 4.98 Å². The van der Waals surface area contributed by atoms with Crippen molar-refractivity contribution in [2.24, 2.45) is 0 Å². The number of fused-ring (bicyclic) bond motifs is 3. The van der Waals surface area contributed by atoms with E-state index >= 15 is 0 Å². The molecule has 8 rings (SSSR count). The van der Waals surface area contributed by atoms with Crippen molar-refractivity contribution in [1.82, 2.24) is 19.5 Å². The van der Waals surface area contributed by atoms with E-state index in [1.54, 1.807) is 4.57 Å². The SMILES string of the molecule is O=C(Cc1ccccc1)Nc1nc2c(ncn2[C@H]2C[C@H](O)[C@@H](COC3(c4ccccc4)c4ccccc4Oc4ccccc43)O2)c(=O)[nH]1. The van der Waals surface area contributed by atoms with E-state index in [-0.39, 0.29) is 42.5 Å². The average molecular weight is 642 g/mol. The second kappa shape index (κ2) is 12.2. The number of aliphatic hydroxyl groups excluding tert-OH is 1. The summed E-state index contributed by atoms with van der Waals surface area (Å²) in [5, 5.41) is 13.9. The fraction of sp³-hybridized carbons (Fsp3) is 0.189. The molecule has 0 unspecified atom stereocenters. The van der Waals surface area contributed by atoms with E-state index in [0.29, 0.717) is 11.5 Å². The lowest BCUT2D eigenvalue weighted by Gasteiger charge is -2.41. The zero-order valence-electron chi connectivity index (χ0n) is 25.7. The summed E-state index contributed by atoms with van der Waals surface area (Å²) in [6.07, 6.45) is -0.521. The fourth-order valence-corrected chi connectivity index (χ4v) is 6.58. The van der Waals surface area contributed by atoms with Crippen LogP contribution >= 0.6 is 0 Å². The van der Waals surface area contributed by atoms with Crippen LogP contribution in [0.2, 0.25) is 0 Å². The zero-order valence-corrected chi connectivity index (χ0v) is 25.7. The lowest BCUT2D eigenvalue weighted by atomic mass is 9.77. The predicted molar refractivity (Wildman–Crippen MR) is 177 cm³/mol. The molecule has 0 radical (unpaired) electrons. The second-order valence-electron chi connectivity index (χ2n) is 11.8. The van der Waals surface area contributed by atoms with Gasteiger partial charge in [-0.15, -0.1) is 0 Å². The highest BCUT2D eigenvalue weighted by Gasteiger charge is 2.47. The van der Waals surface area contributed by atoms with E-state index in [4.69, 9.17) is 14.2 Å². The minimum Gasteiger partial charge on any atom is -0.457 e. The number of nitrogens with one attached hydrogen (secondary N) is 2. The van der Waals surface area contributed by atoms with Gasteiger partial charge in [0.1, 0.15) is 23.8 Å². The zero-order chi connectivity index (χ0) is 32.7. The molecule has 1 amide bonds. The molecule has 0 spiro atoms. The molecular weight excluding hydrogens is 610 g/mol. The molecule has 1 fully saturated rings. The maximum atomic E-state index is 12.9. The molecule has 3 N–H and O–H groups in total. The van der Waals surface area contributed by atoms with Crippen molar-refractivity contribution in [3.8, 4) is 11.5 Å². The number of aromatic amines is 1. The van der Waals surface area contributed by atoms with Crippen LogP contribution < -0.4 is 15.6 Å². The van der Waals surface area contributed by atoms with Crippen LogP contribution in [0.5, 0.6) is 11.5 Å². The number of amides is 1. The van der Waals surface area contributed by atoms with E-state index in [1.807, 2.05) is 109 Å². The highest BCUT2D eigenvalue weighted by atomic mass is 16.6. The van der Waals surface area contributed by atoms with Gasteiger partial charge in [0.15, 0.2) is 16.8 Å². The lowest BCUT2D eigenvalue weighted by Crippen LogP contribution is -2.39. The number of aromatic nitrogens is 4. The summed E-state index contributed by atoms with van der Waals surface area (Å²) in [6, 6.07) is 34.8. The summed E-state index contributed by atoms with van der Waals surface area (Å²) >= 11 is 0. The highest BCUT2D eigenvalue weighted by Crippen LogP contribution is 2.52. The number of nitrogens with zero attached hydrogens (tertiary/aromatic N) is 3. The van der Waals surface area contributed by atoms with E-state index in [2.05, 4.69) is 20.3 Å². The Morgan fingerprint density at radius 2 is 1.58 bits per heavy atom. The van der Waals surface area contributed by atoms with Crippen molar-refractivity contribution in [3.05, 3.63) is 148 Å². The Kier molecular flexibility index (Phi) is 7.56. The molecular formula is C37H31N5O6. The minimum absolute atomic E-state index is 0.00439. The van der Waals surface area contributed by atoms with Crippen LogP contribution in [0.4, 0.5) is 5.95 Å². The molecule has 2 aliphatic heterocycles. The Morgan fingerprint density at radius 1 is 0.938 bits per heavy atom. The maximum absolute atomic E-state index is 12.9. The van der Waals surface area contributed by atoms with Gasteiger partial charge < -0.3 is 19.3 Å². The molecule has 11 nitrogen and oxygen atoms in total. The predicted octanol–water partition coefficient (Wildman–Crippen LogP) is 5.06. The number of para-hydroxylation sites is 2. The molecule has 0 bridgehead atoms. The monoisotopic (exact) mass is 641 g/mol. The van der Waals surface area contributed by atoms with Crippen molar-refractivity contribution in [1.29, 1.82) is 0 Å². The quantitative estimate of drug-likeness (QED) is 0.210. The fourth-order valence-electron chi connectivity index (χ4n) is 6.58. The summed E-state index contributed by atoms with van der Waals surface area (Å²) in [5.41, 5.74) is 2.17. The van der Waals surface area contributed by atoms with Crippen LogP contribution in [0, 0.1) is 0 Å². The molecule has 11 heteroatoms. The van der Waals surface area contributed by atoms with Crippen LogP contribution in [0.25, 0.3) is 11.2 Å². The maximum Gasteiger partial charge on any atom is 0.280 e. The van der Waals surface area contributed by atoms with Crippen LogP contribution in [0.3, 0.4) is 0 Å². The normalized spacial score (nSPS) is 19.3. The van der Waals surface area contributed by atoms with Crippen molar-refractivity contribution < 1.29 is 24.1 Å². The Labute approximate surface area is 274 Å². The van der Waals surface area contributed by atoms with Crippen LogP contribution in [-0.2, 0) is 26.3 Å². The summed E-state index contributed by atoms with van der Waals surface area (Å²) in [4.78, 5) is 36.9. The van der Waals surface area contributed by atoms with Crippen molar-refractivity contribution in [2.75, 3.05) is 11.9 Å². The highest BCUT2D eigenvalue weighted by molar-refractivity contribution is 5.91. The van der Waals surface area contributed by atoms with E-state index in [9.17, 15) is 14.7 Å². The number of aliphatic hydroxyl groups is 1. The molecule has 4 heterocycles. The molecule has 240 valence electrons. The third-order valence-corrected chi connectivity index (χ3v) is 8.81. The standard InChI is InChI=1S/C37H31N5O6/c43-27-20-32(42-22-38-33-34(42)40-36(41-35(33)45)39-31(44)19-23-11-3-1-4-12-23)48-30(27)21-46-37(24-13-5-2-6-14-24)25-15-7-9-17-28(25)47-29-18-10-8-16-26(29)37/h1-18,22,27,30,32,43H,19-21H2,(H2,39,40,41,44,45)/t27-,30+,32+/m0/s1. The first-order chi connectivity index (χ1) is 23.5. The summed E-state index contributed by atoms with van der Waals surface area (Å²) < 4.78 is 21.2. The van der Waals surface area contributed by atoms with Gasteiger partial charge in [-0.05, 0) is 23.3 Å². The number of benzene rings is 4. The van der Waals surface area contributed by atoms with Gasteiger partial charge in [0.25, 0.3) is 5.56 Å². The third kappa shape index (κ3) is 5.23. The van der Waals surface area contributed by atoms with Gasteiger partial charge in [0, 0.05) is 17.5 Å². The number of carbonyl (C=O) groups excluding carboxylic acids is 1. The van der Waals surface area contributed by atoms with Crippen molar-refractivity contribution in [3.63, 3.8) is 0 Å². The topological polar surface area (TPSA) is 141 Å². The number of rotatable bonds is 8. The van der Waals surface area contributed by atoms with Crippen molar-refractivity contribution in [2.45, 2.75) is 36.9 Å². The Hall–Kier alpha value is -5.62. The number of hydrogen-bond acceptors (Lipinski definition) is 8.